The van der Waals surface area contributed by atoms with Crippen LogP contribution in [0.25, 0.3) is 0 Å². The molecule has 1 aromatic carbocycles. The van der Waals surface area contributed by atoms with Gasteiger partial charge in [0.1, 0.15) is 5.82 Å². The Bertz CT molecular complexity index is 572. The van der Waals surface area contributed by atoms with Crippen LogP contribution in [0.3, 0.4) is 0 Å². The Morgan fingerprint density at radius 1 is 1.28 bits per heavy atom. The maximum Gasteiger partial charge on any atom is 0.136 e. The van der Waals surface area contributed by atoms with Gasteiger partial charge in [-0.05, 0) is 30.3 Å². The number of hydrogen-bond acceptors (Lipinski definition) is 3. The van der Waals surface area contributed by atoms with Crippen molar-refractivity contribution >= 4 is 27.4 Å². The lowest BCUT2D eigenvalue weighted by Crippen LogP contribution is -2.13. The minimum atomic E-state index is 0.661. The van der Waals surface area contributed by atoms with Gasteiger partial charge >= 0.3 is 0 Å². The third kappa shape index (κ3) is 2.52. The van der Waals surface area contributed by atoms with Gasteiger partial charge < -0.3 is 4.90 Å². The molecule has 0 saturated heterocycles. The van der Waals surface area contributed by atoms with Gasteiger partial charge in [0.05, 0.1) is 11.6 Å². The number of aromatic nitrogens is 1. The fourth-order valence-corrected chi connectivity index (χ4v) is 2.16. The van der Waals surface area contributed by atoms with Crippen LogP contribution in [0.5, 0.6) is 0 Å². The number of anilines is 2. The first-order chi connectivity index (χ1) is 8.76. The summed E-state index contributed by atoms with van der Waals surface area (Å²) >= 11 is 3.46. The fourth-order valence-electron chi connectivity index (χ4n) is 1.72. The molecule has 0 aliphatic rings. The lowest BCUT2D eigenvalue weighted by Gasteiger charge is -2.20. The van der Waals surface area contributed by atoms with E-state index in [4.69, 9.17) is 5.26 Å². The summed E-state index contributed by atoms with van der Waals surface area (Å²) in [6.45, 7) is 0. The molecule has 0 saturated carbocycles. The predicted octanol–water partition coefficient (Wildman–Crippen LogP) is 3.62. The maximum atomic E-state index is 8.78. The number of benzene rings is 1. The highest BCUT2D eigenvalue weighted by atomic mass is 79.9. The minimum absolute atomic E-state index is 0.661. The normalized spacial score (nSPS) is 9.83. The Kier molecular flexibility index (Phi) is 3.96. The van der Waals surface area contributed by atoms with Crippen LogP contribution in [0.15, 0.2) is 42.6 Å². The van der Waals surface area contributed by atoms with Crippen molar-refractivity contribution in [2.75, 3.05) is 11.9 Å². The van der Waals surface area contributed by atoms with Gasteiger partial charge in [0.2, 0.25) is 0 Å². The molecule has 1 heterocycles. The first kappa shape index (κ1) is 12.6. The van der Waals surface area contributed by atoms with Crippen molar-refractivity contribution < 1.29 is 0 Å². The number of nitrogens with zero attached hydrogens (tertiary/aromatic N) is 3. The molecular weight excluding hydrogens is 290 g/mol. The summed E-state index contributed by atoms with van der Waals surface area (Å²) in [5.41, 5.74) is 2.80. The standard InChI is InChI=1S/C14H12BrN3/c1-18(13-6-4-11(10-16)5-7-13)14-12(9-15)3-2-8-17-14/h2-8H,9H2,1H3. The van der Waals surface area contributed by atoms with Gasteiger partial charge in [-0.15, -0.1) is 0 Å². The van der Waals surface area contributed by atoms with Gasteiger partial charge in [-0.1, -0.05) is 22.0 Å². The Morgan fingerprint density at radius 2 is 2.00 bits per heavy atom. The highest BCUT2D eigenvalue weighted by Crippen LogP contribution is 2.26. The van der Waals surface area contributed by atoms with Crippen molar-refractivity contribution in [1.29, 1.82) is 5.26 Å². The molecule has 0 radical (unpaired) electrons. The van der Waals surface area contributed by atoms with Crippen molar-refractivity contribution in [2.45, 2.75) is 5.33 Å². The summed E-state index contributed by atoms with van der Waals surface area (Å²) in [5, 5.41) is 9.54. The Labute approximate surface area is 115 Å². The van der Waals surface area contributed by atoms with Crippen molar-refractivity contribution in [3.8, 4) is 6.07 Å². The zero-order chi connectivity index (χ0) is 13.0. The number of pyridine rings is 1. The van der Waals surface area contributed by atoms with Gasteiger partial charge in [0.25, 0.3) is 0 Å². The molecule has 0 fully saturated rings. The summed E-state index contributed by atoms with van der Waals surface area (Å²) in [4.78, 5) is 6.41. The topological polar surface area (TPSA) is 39.9 Å². The molecule has 4 heteroatoms. The molecule has 2 rings (SSSR count). The number of halogens is 1. The highest BCUT2D eigenvalue weighted by Gasteiger charge is 2.09. The van der Waals surface area contributed by atoms with E-state index in [2.05, 4.69) is 27.0 Å². The van der Waals surface area contributed by atoms with Crippen LogP contribution in [-0.2, 0) is 5.33 Å². The fraction of sp³-hybridized carbons (Fsp3) is 0.143. The van der Waals surface area contributed by atoms with Crippen LogP contribution >= 0.6 is 15.9 Å². The Hall–Kier alpha value is -1.86. The van der Waals surface area contributed by atoms with E-state index in [1.54, 1.807) is 6.20 Å². The minimum Gasteiger partial charge on any atom is -0.329 e. The first-order valence-electron chi connectivity index (χ1n) is 5.50. The van der Waals surface area contributed by atoms with Crippen LogP contribution < -0.4 is 4.90 Å². The smallest absolute Gasteiger partial charge is 0.136 e. The molecule has 0 aliphatic carbocycles. The van der Waals surface area contributed by atoms with E-state index in [-0.39, 0.29) is 0 Å². The molecule has 0 N–H and O–H groups in total. The third-order valence-corrected chi connectivity index (χ3v) is 3.32. The Balaban J connectivity index is 2.35. The van der Waals surface area contributed by atoms with Crippen molar-refractivity contribution in [1.82, 2.24) is 4.98 Å². The lowest BCUT2D eigenvalue weighted by molar-refractivity contribution is 1.10. The van der Waals surface area contributed by atoms with E-state index in [1.165, 1.54) is 0 Å². The van der Waals surface area contributed by atoms with Gasteiger partial charge in [-0.3, -0.25) is 0 Å². The summed E-state index contributed by atoms with van der Waals surface area (Å²) in [6, 6.07) is 13.5. The predicted molar refractivity (Wildman–Crippen MR) is 76.1 cm³/mol. The van der Waals surface area contributed by atoms with E-state index in [1.807, 2.05) is 48.3 Å². The molecule has 0 unspecified atom stereocenters. The summed E-state index contributed by atoms with van der Waals surface area (Å²) in [6.07, 6.45) is 1.78. The van der Waals surface area contributed by atoms with Gasteiger partial charge in [0.15, 0.2) is 0 Å². The second-order valence-electron chi connectivity index (χ2n) is 3.84. The molecule has 18 heavy (non-hydrogen) atoms. The number of rotatable bonds is 3. The number of alkyl halides is 1. The van der Waals surface area contributed by atoms with Crippen LogP contribution in [0.2, 0.25) is 0 Å². The highest BCUT2D eigenvalue weighted by molar-refractivity contribution is 9.08. The van der Waals surface area contributed by atoms with E-state index < -0.39 is 0 Å². The average Bonchev–Trinajstić information content (AvgIpc) is 2.46. The summed E-state index contributed by atoms with van der Waals surface area (Å²) < 4.78 is 0. The average molecular weight is 302 g/mol. The van der Waals surface area contributed by atoms with Crippen LogP contribution in [0.1, 0.15) is 11.1 Å². The van der Waals surface area contributed by atoms with Crippen molar-refractivity contribution in [3.05, 3.63) is 53.7 Å². The molecule has 0 spiro atoms. The lowest BCUT2D eigenvalue weighted by atomic mass is 10.2. The van der Waals surface area contributed by atoms with E-state index in [0.717, 1.165) is 22.4 Å². The molecule has 1 aromatic heterocycles. The van der Waals surface area contributed by atoms with Crippen LogP contribution in [0.4, 0.5) is 11.5 Å². The monoisotopic (exact) mass is 301 g/mol. The molecule has 0 atom stereocenters. The molecule has 0 amide bonds. The van der Waals surface area contributed by atoms with Crippen molar-refractivity contribution in [3.63, 3.8) is 0 Å². The third-order valence-electron chi connectivity index (χ3n) is 2.71. The zero-order valence-corrected chi connectivity index (χ0v) is 11.6. The van der Waals surface area contributed by atoms with Gasteiger partial charge in [0, 0.05) is 29.8 Å². The molecule has 3 nitrogen and oxygen atoms in total. The van der Waals surface area contributed by atoms with Gasteiger partial charge in [-0.2, -0.15) is 5.26 Å². The van der Waals surface area contributed by atoms with E-state index >= 15 is 0 Å². The van der Waals surface area contributed by atoms with E-state index in [9.17, 15) is 0 Å². The summed E-state index contributed by atoms with van der Waals surface area (Å²) in [5.74, 6) is 0.916. The summed E-state index contributed by atoms with van der Waals surface area (Å²) in [7, 11) is 1.97. The number of hydrogen-bond donors (Lipinski definition) is 0. The van der Waals surface area contributed by atoms with E-state index in [0.29, 0.717) is 5.56 Å². The van der Waals surface area contributed by atoms with Crippen LogP contribution in [0, 0.1) is 11.3 Å². The molecular formula is C14H12BrN3. The Morgan fingerprint density at radius 3 is 2.61 bits per heavy atom. The first-order valence-corrected chi connectivity index (χ1v) is 6.62. The second-order valence-corrected chi connectivity index (χ2v) is 4.40. The second kappa shape index (κ2) is 5.65. The molecule has 2 aromatic rings. The quantitative estimate of drug-likeness (QED) is 0.813. The molecule has 0 aliphatic heterocycles. The maximum absolute atomic E-state index is 8.78. The molecule has 90 valence electrons. The largest absolute Gasteiger partial charge is 0.329 e. The SMILES string of the molecule is CN(c1ccc(C#N)cc1)c1ncccc1CBr. The van der Waals surface area contributed by atoms with Crippen molar-refractivity contribution in [2.24, 2.45) is 0 Å². The van der Waals surface area contributed by atoms with Gasteiger partial charge in [-0.25, -0.2) is 4.98 Å². The van der Waals surface area contributed by atoms with Crippen LogP contribution in [-0.4, -0.2) is 12.0 Å². The number of nitriles is 1. The zero-order valence-electron chi connectivity index (χ0n) is 9.97. The molecule has 0 bridgehead atoms.